The maximum absolute atomic E-state index is 5.90. The normalized spacial score (nSPS) is 12.6. The molecule has 9 nitrogen and oxygen atoms in total. The van der Waals surface area contributed by atoms with Crippen LogP contribution in [-0.4, -0.2) is 33.6 Å². The number of hydrogen-bond donors (Lipinski definition) is 3. The summed E-state index contributed by atoms with van der Waals surface area (Å²) in [6, 6.07) is 19.9. The number of benzene rings is 3. The van der Waals surface area contributed by atoms with Crippen LogP contribution < -0.4 is 20.1 Å². The summed E-state index contributed by atoms with van der Waals surface area (Å²) in [6.07, 6.45) is 1.82. The van der Waals surface area contributed by atoms with Crippen LogP contribution in [-0.2, 0) is 6.54 Å². The van der Waals surface area contributed by atoms with Crippen molar-refractivity contribution in [2.45, 2.75) is 6.54 Å². The summed E-state index contributed by atoms with van der Waals surface area (Å²) >= 11 is 0. The van der Waals surface area contributed by atoms with E-state index in [2.05, 4.69) is 43.2 Å². The summed E-state index contributed by atoms with van der Waals surface area (Å²) in [7, 11) is 0. The number of ether oxygens (including phenoxy) is 2. The van der Waals surface area contributed by atoms with Crippen LogP contribution in [0.5, 0.6) is 11.5 Å². The van der Waals surface area contributed by atoms with Crippen molar-refractivity contribution in [3.63, 3.8) is 0 Å². The fourth-order valence-corrected chi connectivity index (χ4v) is 3.75. The lowest BCUT2D eigenvalue weighted by atomic mass is 10.1. The fraction of sp³-hybridized carbons (Fsp3) is 0.125. The van der Waals surface area contributed by atoms with E-state index in [4.69, 9.17) is 13.9 Å². The minimum absolute atomic E-state index is 0.293. The molecule has 0 bridgehead atoms. The smallest absolute Gasteiger partial charge is 0.320 e. The van der Waals surface area contributed by atoms with Gasteiger partial charge in [-0.2, -0.15) is 5.10 Å². The number of H-pyrrole nitrogens is 1. The first-order chi connectivity index (χ1) is 16.3. The Hall–Kier alpha value is -4.53. The predicted molar refractivity (Wildman–Crippen MR) is 124 cm³/mol. The Morgan fingerprint density at radius 1 is 0.909 bits per heavy atom. The molecule has 5 aromatic rings. The van der Waals surface area contributed by atoms with Crippen molar-refractivity contribution in [1.29, 1.82) is 0 Å². The summed E-state index contributed by atoms with van der Waals surface area (Å²) in [5.74, 6) is 1.84. The minimum Gasteiger partial charge on any atom is -0.486 e. The molecule has 0 amide bonds. The first-order valence-corrected chi connectivity index (χ1v) is 10.6. The van der Waals surface area contributed by atoms with Crippen molar-refractivity contribution in [3.05, 3.63) is 72.4 Å². The molecule has 2 aromatic heterocycles. The Balaban J connectivity index is 1.19. The van der Waals surface area contributed by atoms with E-state index in [0.29, 0.717) is 37.4 Å². The molecule has 0 spiro atoms. The number of aromatic amines is 1. The Bertz CT molecular complexity index is 1430. The number of aromatic nitrogens is 4. The van der Waals surface area contributed by atoms with Gasteiger partial charge in [0.2, 0.25) is 0 Å². The molecule has 6 rings (SSSR count). The predicted octanol–water partition coefficient (Wildman–Crippen LogP) is 4.74. The molecule has 0 saturated heterocycles. The van der Waals surface area contributed by atoms with Gasteiger partial charge in [0.05, 0.1) is 17.3 Å². The van der Waals surface area contributed by atoms with Crippen molar-refractivity contribution >= 4 is 28.3 Å². The molecular formula is C24H20N6O3. The van der Waals surface area contributed by atoms with E-state index >= 15 is 0 Å². The molecule has 0 atom stereocenters. The van der Waals surface area contributed by atoms with Crippen molar-refractivity contribution in [2.75, 3.05) is 23.8 Å². The second kappa shape index (κ2) is 8.19. The molecule has 0 saturated carbocycles. The average Bonchev–Trinajstić information content (AvgIpc) is 3.52. The highest BCUT2D eigenvalue weighted by Gasteiger charge is 2.15. The van der Waals surface area contributed by atoms with Gasteiger partial charge >= 0.3 is 6.01 Å². The van der Waals surface area contributed by atoms with Crippen LogP contribution in [0.4, 0.5) is 17.4 Å². The van der Waals surface area contributed by atoms with E-state index in [1.54, 1.807) is 0 Å². The summed E-state index contributed by atoms with van der Waals surface area (Å²) in [5, 5.41) is 23.1. The SMILES string of the molecule is c1ccc(-c2nnc(Nc3ccc4c(c3)OCCO4)o2)c(NCc2ccc3[nH]ncc3c2)c1. The van der Waals surface area contributed by atoms with Crippen molar-refractivity contribution < 1.29 is 13.9 Å². The lowest BCUT2D eigenvalue weighted by Gasteiger charge is -2.18. The first kappa shape index (κ1) is 19.2. The zero-order valence-corrected chi connectivity index (χ0v) is 17.5. The number of anilines is 3. The average molecular weight is 440 g/mol. The maximum Gasteiger partial charge on any atom is 0.320 e. The van der Waals surface area contributed by atoms with E-state index in [1.807, 2.05) is 54.7 Å². The molecule has 164 valence electrons. The van der Waals surface area contributed by atoms with Crippen LogP contribution in [0.25, 0.3) is 22.4 Å². The molecular weight excluding hydrogens is 420 g/mol. The molecule has 1 aliphatic heterocycles. The van der Waals surface area contributed by atoms with Gasteiger partial charge in [-0.15, -0.1) is 5.10 Å². The van der Waals surface area contributed by atoms with Crippen LogP contribution in [0, 0.1) is 0 Å². The number of nitrogens with zero attached hydrogens (tertiary/aromatic N) is 3. The molecule has 9 heteroatoms. The van der Waals surface area contributed by atoms with Crippen LogP contribution >= 0.6 is 0 Å². The van der Waals surface area contributed by atoms with Gasteiger partial charge in [-0.05, 0) is 42.0 Å². The Kier molecular flexibility index (Phi) is 4.76. The quantitative estimate of drug-likeness (QED) is 0.347. The molecule has 3 heterocycles. The number of hydrogen-bond acceptors (Lipinski definition) is 8. The van der Waals surface area contributed by atoms with Crippen LogP contribution in [0.1, 0.15) is 5.56 Å². The van der Waals surface area contributed by atoms with Crippen LogP contribution in [0.3, 0.4) is 0 Å². The summed E-state index contributed by atoms with van der Waals surface area (Å²) in [6.45, 7) is 1.73. The van der Waals surface area contributed by atoms with Gasteiger partial charge in [0.25, 0.3) is 5.89 Å². The van der Waals surface area contributed by atoms with E-state index in [1.165, 1.54) is 0 Å². The van der Waals surface area contributed by atoms with E-state index in [-0.39, 0.29) is 0 Å². The summed E-state index contributed by atoms with van der Waals surface area (Å²) in [4.78, 5) is 0. The minimum atomic E-state index is 0.293. The molecule has 1 aliphatic rings. The van der Waals surface area contributed by atoms with Crippen molar-refractivity contribution in [1.82, 2.24) is 20.4 Å². The Labute approximate surface area is 188 Å². The molecule has 3 N–H and O–H groups in total. The molecule has 3 aromatic carbocycles. The molecule has 33 heavy (non-hydrogen) atoms. The van der Waals surface area contributed by atoms with Crippen molar-refractivity contribution in [3.8, 4) is 23.0 Å². The number of rotatable bonds is 6. The van der Waals surface area contributed by atoms with Crippen LogP contribution in [0.15, 0.2) is 71.3 Å². The topological polar surface area (TPSA) is 110 Å². The second-order valence-electron chi connectivity index (χ2n) is 7.59. The second-order valence-corrected chi connectivity index (χ2v) is 7.59. The van der Waals surface area contributed by atoms with Gasteiger partial charge in [0.15, 0.2) is 11.5 Å². The Morgan fingerprint density at radius 3 is 2.79 bits per heavy atom. The van der Waals surface area contributed by atoms with E-state index in [0.717, 1.165) is 39.2 Å². The summed E-state index contributed by atoms with van der Waals surface area (Å²) in [5.41, 5.74) is 4.66. The highest BCUT2D eigenvalue weighted by atomic mass is 16.6. The Morgan fingerprint density at radius 2 is 1.82 bits per heavy atom. The monoisotopic (exact) mass is 440 g/mol. The molecule has 0 aliphatic carbocycles. The first-order valence-electron chi connectivity index (χ1n) is 10.6. The van der Waals surface area contributed by atoms with Gasteiger partial charge < -0.3 is 24.5 Å². The van der Waals surface area contributed by atoms with Crippen LogP contribution in [0.2, 0.25) is 0 Å². The van der Waals surface area contributed by atoms with Gasteiger partial charge in [-0.3, -0.25) is 5.10 Å². The lowest BCUT2D eigenvalue weighted by Crippen LogP contribution is -2.15. The summed E-state index contributed by atoms with van der Waals surface area (Å²) < 4.78 is 17.1. The maximum atomic E-state index is 5.90. The lowest BCUT2D eigenvalue weighted by molar-refractivity contribution is 0.171. The highest BCUT2D eigenvalue weighted by Crippen LogP contribution is 2.34. The van der Waals surface area contributed by atoms with Gasteiger partial charge in [-0.25, -0.2) is 0 Å². The van der Waals surface area contributed by atoms with Gasteiger partial charge in [-0.1, -0.05) is 23.3 Å². The van der Waals surface area contributed by atoms with E-state index in [9.17, 15) is 0 Å². The standard InChI is InChI=1S/C24H20N6O3/c1-2-4-20(25-13-15-5-7-19-16(11-15)14-26-28-19)18(3-1)23-29-30-24(33-23)27-17-6-8-21-22(12-17)32-10-9-31-21/h1-8,11-12,14,25H,9-10,13H2,(H,26,28)(H,27,30). The highest BCUT2D eigenvalue weighted by molar-refractivity contribution is 5.79. The number of nitrogens with one attached hydrogen (secondary N) is 3. The molecule has 0 fully saturated rings. The third-order valence-corrected chi connectivity index (χ3v) is 5.36. The van der Waals surface area contributed by atoms with Gasteiger partial charge in [0, 0.05) is 29.4 Å². The largest absolute Gasteiger partial charge is 0.486 e. The fourth-order valence-electron chi connectivity index (χ4n) is 3.75. The van der Waals surface area contributed by atoms with Crippen molar-refractivity contribution in [2.24, 2.45) is 0 Å². The zero-order valence-electron chi connectivity index (χ0n) is 17.5. The zero-order chi connectivity index (χ0) is 22.0. The number of fused-ring (bicyclic) bond motifs is 2. The molecule has 0 unspecified atom stereocenters. The number of para-hydroxylation sites is 1. The van der Waals surface area contributed by atoms with E-state index < -0.39 is 0 Å². The third kappa shape index (κ3) is 3.91. The molecule has 0 radical (unpaired) electrons. The third-order valence-electron chi connectivity index (χ3n) is 5.36. The van der Waals surface area contributed by atoms with Gasteiger partial charge in [0.1, 0.15) is 13.2 Å².